The van der Waals surface area contributed by atoms with Crippen LogP contribution in [-0.4, -0.2) is 5.78 Å². The van der Waals surface area contributed by atoms with E-state index in [1.807, 2.05) is 54.6 Å². The van der Waals surface area contributed by atoms with Crippen LogP contribution in [0.4, 0.5) is 18.9 Å². The van der Waals surface area contributed by atoms with Gasteiger partial charge in [-0.3, -0.25) is 4.79 Å². The van der Waals surface area contributed by atoms with Crippen LogP contribution >= 0.6 is 11.8 Å². The molecule has 0 saturated heterocycles. The number of alkyl halides is 3. The molecule has 146 valence electrons. The van der Waals surface area contributed by atoms with Crippen LogP contribution in [0.5, 0.6) is 0 Å². The number of benzene rings is 3. The van der Waals surface area contributed by atoms with Crippen LogP contribution in [0.2, 0.25) is 0 Å². The summed E-state index contributed by atoms with van der Waals surface area (Å²) in [6.45, 7) is 0.594. The molecule has 0 radical (unpaired) electrons. The minimum absolute atomic E-state index is 0.224. The highest BCUT2D eigenvalue weighted by Crippen LogP contribution is 2.46. The number of hydrogen-bond donors (Lipinski definition) is 0. The van der Waals surface area contributed by atoms with Gasteiger partial charge in [0.25, 0.3) is 0 Å². The number of carbonyl (C=O) groups excluding carboxylic acids is 1. The number of rotatable bonds is 4. The Morgan fingerprint density at radius 3 is 2.24 bits per heavy atom. The van der Waals surface area contributed by atoms with Crippen molar-refractivity contribution < 1.29 is 18.0 Å². The van der Waals surface area contributed by atoms with Crippen molar-refractivity contribution in [1.29, 1.82) is 0 Å². The molecule has 0 atom stereocenters. The molecule has 0 saturated carbocycles. The quantitative estimate of drug-likeness (QED) is 0.359. The predicted octanol–water partition coefficient (Wildman–Crippen LogP) is 6.54. The van der Waals surface area contributed by atoms with Crippen molar-refractivity contribution in [3.8, 4) is 0 Å². The van der Waals surface area contributed by atoms with Crippen molar-refractivity contribution >= 4 is 23.2 Å². The van der Waals surface area contributed by atoms with Crippen molar-refractivity contribution in [3.05, 3.63) is 107 Å². The van der Waals surface area contributed by atoms with Gasteiger partial charge >= 0.3 is 6.18 Å². The van der Waals surface area contributed by atoms with E-state index in [4.69, 9.17) is 0 Å². The number of halogens is 3. The maximum Gasteiger partial charge on any atom is 0.416 e. The molecule has 0 spiro atoms. The molecule has 4 rings (SSSR count). The summed E-state index contributed by atoms with van der Waals surface area (Å²) in [6, 6.07) is 22.1. The van der Waals surface area contributed by atoms with Gasteiger partial charge in [-0.25, -0.2) is 0 Å². The molecule has 0 bridgehead atoms. The first-order valence-corrected chi connectivity index (χ1v) is 9.75. The minimum Gasteiger partial charge on any atom is -0.330 e. The molecule has 3 aromatic carbocycles. The molecule has 1 heterocycles. The number of para-hydroxylation sites is 1. The number of ketones is 1. The van der Waals surface area contributed by atoms with Gasteiger partial charge < -0.3 is 4.90 Å². The molecule has 6 heteroatoms. The Bertz CT molecular complexity index is 1060. The lowest BCUT2D eigenvalue weighted by molar-refractivity contribution is -0.137. The molecule has 3 aromatic rings. The van der Waals surface area contributed by atoms with Gasteiger partial charge in [-0.15, -0.1) is 0 Å². The van der Waals surface area contributed by atoms with Gasteiger partial charge in [0.1, 0.15) is 0 Å². The van der Waals surface area contributed by atoms with Gasteiger partial charge in [0.05, 0.1) is 16.3 Å². The minimum atomic E-state index is -4.42. The van der Waals surface area contributed by atoms with E-state index >= 15 is 0 Å². The zero-order chi connectivity index (χ0) is 20.4. The Morgan fingerprint density at radius 1 is 0.897 bits per heavy atom. The molecule has 2 nitrogen and oxygen atoms in total. The maximum absolute atomic E-state index is 12.8. The summed E-state index contributed by atoms with van der Waals surface area (Å²) in [6.07, 6.45) is -2.92. The van der Waals surface area contributed by atoms with E-state index < -0.39 is 11.7 Å². The van der Waals surface area contributed by atoms with Crippen LogP contribution in [0.1, 0.15) is 21.5 Å². The van der Waals surface area contributed by atoms with Crippen LogP contribution in [0.25, 0.3) is 0 Å². The fraction of sp³-hybridized carbons (Fsp3) is 0.0870. The molecule has 29 heavy (non-hydrogen) atoms. The first kappa shape index (κ1) is 19.3. The highest BCUT2D eigenvalue weighted by Gasteiger charge is 2.30. The van der Waals surface area contributed by atoms with E-state index in [-0.39, 0.29) is 11.3 Å². The second-order valence-electron chi connectivity index (χ2n) is 6.56. The van der Waals surface area contributed by atoms with E-state index in [0.29, 0.717) is 6.54 Å². The molecule has 0 fully saturated rings. The molecule has 1 aliphatic rings. The van der Waals surface area contributed by atoms with Crippen LogP contribution in [0, 0.1) is 0 Å². The highest BCUT2D eigenvalue weighted by molar-refractivity contribution is 8.03. The summed E-state index contributed by atoms with van der Waals surface area (Å²) in [5.41, 5.74) is 1.56. The van der Waals surface area contributed by atoms with Crippen molar-refractivity contribution in [1.82, 2.24) is 0 Å². The van der Waals surface area contributed by atoms with Crippen LogP contribution < -0.4 is 4.90 Å². The zero-order valence-electron chi connectivity index (χ0n) is 15.2. The number of allylic oxidation sites excluding steroid dienone is 1. The van der Waals surface area contributed by atoms with Crippen LogP contribution in [-0.2, 0) is 12.7 Å². The second kappa shape index (κ2) is 7.79. The van der Waals surface area contributed by atoms with Gasteiger partial charge in [-0.05, 0) is 29.8 Å². The lowest BCUT2D eigenvalue weighted by Gasteiger charge is -2.20. The Morgan fingerprint density at radius 2 is 1.55 bits per heavy atom. The average Bonchev–Trinajstić information content (AvgIpc) is 3.05. The summed E-state index contributed by atoms with van der Waals surface area (Å²) < 4.78 is 38.3. The average molecular weight is 411 g/mol. The predicted molar refractivity (Wildman–Crippen MR) is 109 cm³/mol. The van der Waals surface area contributed by atoms with E-state index in [1.165, 1.54) is 30.0 Å². The number of anilines is 1. The molecular weight excluding hydrogens is 395 g/mol. The molecule has 0 amide bonds. The molecule has 0 unspecified atom stereocenters. The fourth-order valence-electron chi connectivity index (χ4n) is 3.11. The monoisotopic (exact) mass is 411 g/mol. The molecular formula is C23H16F3NOS. The maximum atomic E-state index is 12.8. The summed E-state index contributed by atoms with van der Waals surface area (Å²) in [5.74, 6) is -0.327. The lowest BCUT2D eigenvalue weighted by atomic mass is 10.1. The fourth-order valence-corrected chi connectivity index (χ4v) is 4.20. The third-order valence-electron chi connectivity index (χ3n) is 4.57. The third kappa shape index (κ3) is 4.22. The van der Waals surface area contributed by atoms with Crippen molar-refractivity contribution in [2.45, 2.75) is 17.6 Å². The van der Waals surface area contributed by atoms with Crippen molar-refractivity contribution in [2.24, 2.45) is 0 Å². The molecule has 0 N–H and O–H groups in total. The normalized spacial score (nSPS) is 14.9. The van der Waals surface area contributed by atoms with Gasteiger partial charge in [0.15, 0.2) is 5.78 Å². The van der Waals surface area contributed by atoms with Crippen molar-refractivity contribution in [2.75, 3.05) is 4.90 Å². The Kier molecular flexibility index (Phi) is 5.20. The van der Waals surface area contributed by atoms with E-state index in [0.717, 1.165) is 33.3 Å². The molecule has 0 aromatic heterocycles. The van der Waals surface area contributed by atoms with Crippen LogP contribution in [0.15, 0.2) is 94.9 Å². The smallest absolute Gasteiger partial charge is 0.330 e. The summed E-state index contributed by atoms with van der Waals surface area (Å²) >= 11 is 1.48. The number of fused-ring (bicyclic) bond motifs is 1. The lowest BCUT2D eigenvalue weighted by Crippen LogP contribution is -2.18. The summed E-state index contributed by atoms with van der Waals surface area (Å²) in [5, 5.41) is 0.750. The second-order valence-corrected chi connectivity index (χ2v) is 7.63. The Labute approximate surface area is 170 Å². The third-order valence-corrected chi connectivity index (χ3v) is 5.68. The summed E-state index contributed by atoms with van der Waals surface area (Å²) in [4.78, 5) is 15.8. The number of carbonyl (C=O) groups is 1. The Balaban J connectivity index is 1.63. The Hall–Kier alpha value is -2.99. The number of thioether (sulfide) groups is 1. The first-order valence-electron chi connectivity index (χ1n) is 8.93. The molecule has 1 aliphatic heterocycles. The number of nitrogens with zero attached hydrogens (tertiary/aromatic N) is 1. The standard InChI is InChI=1S/C23H16F3NOS/c24-23(25,26)18-12-10-17(11-13-18)20(28)14-22-27(15-16-6-2-1-3-7-16)19-8-4-5-9-21(19)29-22/h1-14H,15H2/b22-14-. The van der Waals surface area contributed by atoms with Gasteiger partial charge in [-0.1, -0.05) is 66.4 Å². The zero-order valence-corrected chi connectivity index (χ0v) is 16.0. The SMILES string of the molecule is O=C(/C=C1\Sc2ccccc2N1Cc1ccccc1)c1ccc(C(F)(F)F)cc1. The van der Waals surface area contributed by atoms with E-state index in [9.17, 15) is 18.0 Å². The van der Waals surface area contributed by atoms with Gasteiger partial charge in [0, 0.05) is 23.1 Å². The highest BCUT2D eigenvalue weighted by atomic mass is 32.2. The van der Waals surface area contributed by atoms with Gasteiger partial charge in [-0.2, -0.15) is 13.2 Å². The summed E-state index contributed by atoms with van der Waals surface area (Å²) in [7, 11) is 0. The number of hydrogen-bond acceptors (Lipinski definition) is 3. The largest absolute Gasteiger partial charge is 0.416 e. The van der Waals surface area contributed by atoms with Crippen molar-refractivity contribution in [3.63, 3.8) is 0 Å². The van der Waals surface area contributed by atoms with E-state index in [1.54, 1.807) is 0 Å². The first-order chi connectivity index (χ1) is 13.9. The van der Waals surface area contributed by atoms with Crippen LogP contribution in [0.3, 0.4) is 0 Å². The molecule has 0 aliphatic carbocycles. The van der Waals surface area contributed by atoms with E-state index in [2.05, 4.69) is 4.90 Å². The van der Waals surface area contributed by atoms with Gasteiger partial charge in [0.2, 0.25) is 0 Å². The topological polar surface area (TPSA) is 20.3 Å².